The number of amides is 1. The summed E-state index contributed by atoms with van der Waals surface area (Å²) in [7, 11) is 0. The first-order valence-corrected chi connectivity index (χ1v) is 5.22. The summed E-state index contributed by atoms with van der Waals surface area (Å²) in [6, 6.07) is 4.24. The van der Waals surface area contributed by atoms with Crippen molar-refractivity contribution in [2.45, 2.75) is 6.92 Å². The van der Waals surface area contributed by atoms with Crippen molar-refractivity contribution in [3.63, 3.8) is 0 Å². The van der Waals surface area contributed by atoms with Crippen molar-refractivity contribution in [2.24, 2.45) is 5.92 Å². The number of nitriles is 1. The van der Waals surface area contributed by atoms with Gasteiger partial charge in [0.25, 0.3) is 0 Å². The van der Waals surface area contributed by atoms with E-state index in [1.165, 1.54) is 13.0 Å². The number of hydrogen-bond acceptors (Lipinski definition) is 3. The Morgan fingerprint density at radius 3 is 2.47 bits per heavy atom. The van der Waals surface area contributed by atoms with Gasteiger partial charge in [-0.3, -0.25) is 9.59 Å². The fourth-order valence-electron chi connectivity index (χ4n) is 1.27. The summed E-state index contributed by atoms with van der Waals surface area (Å²) < 4.78 is 25.6. The average Bonchev–Trinajstić information content (AvgIpc) is 2.34. The van der Waals surface area contributed by atoms with Crippen molar-refractivity contribution in [3.05, 3.63) is 42.0 Å². The van der Waals surface area contributed by atoms with E-state index in [0.717, 1.165) is 18.2 Å². The minimum absolute atomic E-state index is 0.0429. The fraction of sp³-hybridized carbons (Fsp3) is 0.154. The predicted octanol–water partition coefficient (Wildman–Crippen LogP) is 2.19. The van der Waals surface area contributed by atoms with E-state index in [1.54, 1.807) is 0 Å². The third-order valence-electron chi connectivity index (χ3n) is 2.26. The zero-order chi connectivity index (χ0) is 14.6. The number of carbonyl (C=O) groups excluding carboxylic acids is 2. The van der Waals surface area contributed by atoms with Gasteiger partial charge in [0.1, 0.15) is 0 Å². The Bertz CT molecular complexity index is 591. The van der Waals surface area contributed by atoms with Gasteiger partial charge in [-0.15, -0.1) is 0 Å². The van der Waals surface area contributed by atoms with E-state index >= 15 is 0 Å². The van der Waals surface area contributed by atoms with Crippen molar-refractivity contribution in [2.75, 3.05) is 5.32 Å². The first-order chi connectivity index (χ1) is 8.86. The molecule has 1 amide bonds. The molecule has 0 aliphatic rings. The van der Waals surface area contributed by atoms with Crippen LogP contribution in [-0.4, -0.2) is 11.7 Å². The van der Waals surface area contributed by atoms with E-state index < -0.39 is 29.2 Å². The Labute approximate surface area is 108 Å². The molecule has 0 aromatic heterocycles. The van der Waals surface area contributed by atoms with Crippen molar-refractivity contribution < 1.29 is 18.4 Å². The molecule has 98 valence electrons. The zero-order valence-electron chi connectivity index (χ0n) is 10.0. The number of carbonyl (C=O) groups is 2. The second-order valence-electron chi connectivity index (χ2n) is 3.82. The normalized spacial score (nSPS) is 11.3. The van der Waals surface area contributed by atoms with Crippen molar-refractivity contribution in [3.8, 4) is 6.07 Å². The number of hydrogen-bond donors (Lipinski definition) is 1. The summed E-state index contributed by atoms with van der Waals surface area (Å²) in [5.74, 6) is -5.40. The van der Waals surface area contributed by atoms with Crippen LogP contribution in [0.1, 0.15) is 6.92 Å². The van der Waals surface area contributed by atoms with Crippen molar-refractivity contribution in [1.29, 1.82) is 5.26 Å². The van der Waals surface area contributed by atoms with Gasteiger partial charge >= 0.3 is 0 Å². The molecule has 1 rings (SSSR count). The Morgan fingerprint density at radius 1 is 1.37 bits per heavy atom. The van der Waals surface area contributed by atoms with E-state index in [1.807, 2.05) is 0 Å². The number of ketones is 1. The lowest BCUT2D eigenvalue weighted by atomic mass is 10.00. The number of Topliss-reactive ketones (excluding diaryl/α,β-unsaturated/α-hetero) is 1. The summed E-state index contributed by atoms with van der Waals surface area (Å²) in [4.78, 5) is 23.2. The van der Waals surface area contributed by atoms with Gasteiger partial charge < -0.3 is 5.32 Å². The second kappa shape index (κ2) is 5.87. The monoisotopic (exact) mass is 264 g/mol. The Hall–Kier alpha value is -2.55. The number of rotatable bonds is 4. The van der Waals surface area contributed by atoms with Gasteiger partial charge in [-0.25, -0.2) is 8.78 Å². The lowest BCUT2D eigenvalue weighted by Gasteiger charge is -2.09. The molecule has 1 aromatic rings. The Balaban J connectivity index is 2.89. The van der Waals surface area contributed by atoms with Gasteiger partial charge in [-0.05, 0) is 24.6 Å². The van der Waals surface area contributed by atoms with E-state index in [0.29, 0.717) is 0 Å². The van der Waals surface area contributed by atoms with Crippen LogP contribution in [0.15, 0.2) is 30.4 Å². The minimum Gasteiger partial charge on any atom is -0.324 e. The molecule has 1 unspecified atom stereocenters. The molecule has 1 N–H and O–H groups in total. The first-order valence-electron chi connectivity index (χ1n) is 5.22. The third kappa shape index (κ3) is 3.45. The van der Waals surface area contributed by atoms with Crippen LogP contribution in [0.25, 0.3) is 0 Å². The van der Waals surface area contributed by atoms with Crippen LogP contribution < -0.4 is 5.32 Å². The quantitative estimate of drug-likeness (QED) is 0.669. The molecule has 0 aliphatic carbocycles. The molecule has 0 fully saturated rings. The molecule has 0 saturated carbocycles. The fourth-order valence-corrected chi connectivity index (χ4v) is 1.27. The molecule has 0 aliphatic heterocycles. The van der Waals surface area contributed by atoms with E-state index in [-0.39, 0.29) is 11.3 Å². The molecule has 0 spiro atoms. The SMILES string of the molecule is C=C(C)C(=O)C(C#N)C(=O)Nc1ccc(F)c(F)c1. The Kier molecular flexibility index (Phi) is 4.48. The summed E-state index contributed by atoms with van der Waals surface area (Å²) in [5, 5.41) is 11.0. The van der Waals surface area contributed by atoms with E-state index in [4.69, 9.17) is 5.26 Å². The minimum atomic E-state index is -1.56. The van der Waals surface area contributed by atoms with E-state index in [2.05, 4.69) is 11.9 Å². The molecule has 1 atom stereocenters. The van der Waals surface area contributed by atoms with Gasteiger partial charge in [-0.1, -0.05) is 6.58 Å². The number of nitrogens with zero attached hydrogens (tertiary/aromatic N) is 1. The smallest absolute Gasteiger partial charge is 0.249 e. The predicted molar refractivity (Wildman–Crippen MR) is 63.9 cm³/mol. The molecule has 6 heteroatoms. The summed E-state index contributed by atoms with van der Waals surface area (Å²) in [5.41, 5.74) is 0.0191. The molecular formula is C13H10F2N2O2. The van der Waals surface area contributed by atoms with Crippen LogP contribution in [0.3, 0.4) is 0 Å². The second-order valence-corrected chi connectivity index (χ2v) is 3.82. The van der Waals surface area contributed by atoms with Crippen molar-refractivity contribution in [1.82, 2.24) is 0 Å². The highest BCUT2D eigenvalue weighted by Crippen LogP contribution is 2.15. The average molecular weight is 264 g/mol. The van der Waals surface area contributed by atoms with Crippen LogP contribution >= 0.6 is 0 Å². The molecule has 19 heavy (non-hydrogen) atoms. The van der Waals surface area contributed by atoms with Crippen molar-refractivity contribution >= 4 is 17.4 Å². The number of nitrogens with one attached hydrogen (secondary N) is 1. The summed E-state index contributed by atoms with van der Waals surface area (Å²) in [6.07, 6.45) is 0. The standard InChI is InChI=1S/C13H10F2N2O2/c1-7(2)12(18)9(6-16)13(19)17-8-3-4-10(14)11(15)5-8/h3-5,9H,1H2,2H3,(H,17,19). The highest BCUT2D eigenvalue weighted by Gasteiger charge is 2.26. The molecule has 0 heterocycles. The lowest BCUT2D eigenvalue weighted by Crippen LogP contribution is -2.29. The maximum atomic E-state index is 12.9. The van der Waals surface area contributed by atoms with Gasteiger partial charge in [0.05, 0.1) is 6.07 Å². The molecule has 0 bridgehead atoms. The van der Waals surface area contributed by atoms with Gasteiger partial charge in [-0.2, -0.15) is 5.26 Å². The highest BCUT2D eigenvalue weighted by atomic mass is 19.2. The third-order valence-corrected chi connectivity index (χ3v) is 2.26. The van der Waals surface area contributed by atoms with Crippen LogP contribution in [0.2, 0.25) is 0 Å². The van der Waals surface area contributed by atoms with Crippen LogP contribution in [0.5, 0.6) is 0 Å². The van der Waals surface area contributed by atoms with Gasteiger partial charge in [0, 0.05) is 11.8 Å². The van der Waals surface area contributed by atoms with Crippen LogP contribution in [0, 0.1) is 28.9 Å². The molecular weight excluding hydrogens is 254 g/mol. The topological polar surface area (TPSA) is 70.0 Å². The maximum Gasteiger partial charge on any atom is 0.249 e. The maximum absolute atomic E-state index is 12.9. The summed E-state index contributed by atoms with van der Waals surface area (Å²) in [6.45, 7) is 4.72. The van der Waals surface area contributed by atoms with Crippen LogP contribution in [0.4, 0.5) is 14.5 Å². The molecule has 1 aromatic carbocycles. The molecule has 0 radical (unpaired) electrons. The van der Waals surface area contributed by atoms with Crippen LogP contribution in [-0.2, 0) is 9.59 Å². The molecule has 4 nitrogen and oxygen atoms in total. The summed E-state index contributed by atoms with van der Waals surface area (Å²) >= 11 is 0. The Morgan fingerprint density at radius 2 is 2.00 bits per heavy atom. The highest BCUT2D eigenvalue weighted by molar-refractivity contribution is 6.14. The largest absolute Gasteiger partial charge is 0.324 e. The van der Waals surface area contributed by atoms with Gasteiger partial charge in [0.2, 0.25) is 5.91 Å². The zero-order valence-corrected chi connectivity index (χ0v) is 10.0. The first kappa shape index (κ1) is 14.5. The molecule has 0 saturated heterocycles. The number of allylic oxidation sites excluding steroid dienone is 1. The number of benzene rings is 1. The van der Waals surface area contributed by atoms with Gasteiger partial charge in [0.15, 0.2) is 23.3 Å². The van der Waals surface area contributed by atoms with E-state index in [9.17, 15) is 18.4 Å². The lowest BCUT2D eigenvalue weighted by molar-refractivity contribution is -0.126. The number of halogens is 2. The number of anilines is 1.